The molecule has 2 amide bonds. The van der Waals surface area contributed by atoms with E-state index in [9.17, 15) is 9.59 Å². The van der Waals surface area contributed by atoms with Crippen LogP contribution in [0.25, 0.3) is 11.3 Å². The highest BCUT2D eigenvalue weighted by Gasteiger charge is 2.32. The van der Waals surface area contributed by atoms with Crippen molar-refractivity contribution >= 4 is 28.8 Å². The van der Waals surface area contributed by atoms with Gasteiger partial charge in [0.1, 0.15) is 12.4 Å². The monoisotopic (exact) mass is 459 g/mol. The number of hydrogen-bond donors (Lipinski definition) is 1. The van der Waals surface area contributed by atoms with Crippen LogP contribution in [0.4, 0.5) is 5.69 Å². The van der Waals surface area contributed by atoms with Gasteiger partial charge in [-0.05, 0) is 51.3 Å². The molecule has 0 saturated carbocycles. The van der Waals surface area contributed by atoms with E-state index in [1.54, 1.807) is 0 Å². The molecule has 1 atom stereocenters. The number of nitrogens with zero attached hydrogens (tertiary/aromatic N) is 2. The summed E-state index contributed by atoms with van der Waals surface area (Å²) in [5, 5.41) is 2.94. The second-order valence-electron chi connectivity index (χ2n) is 9.38. The molecule has 0 radical (unpaired) electrons. The Kier molecular flexibility index (Phi) is 6.42. The molecular formula is C28H33N3O3. The molecule has 6 nitrogen and oxygen atoms in total. The van der Waals surface area contributed by atoms with E-state index in [4.69, 9.17) is 4.74 Å². The van der Waals surface area contributed by atoms with Crippen molar-refractivity contribution < 1.29 is 14.3 Å². The SMILES string of the molecule is CCN(CC)C(=O)C1CCCN(CCc2ccc3c(c2)CO/C3=C2/C(=O)Nc3ccccc32)C1. The minimum atomic E-state index is -0.105. The zero-order valence-corrected chi connectivity index (χ0v) is 20.1. The number of piperidine rings is 1. The molecule has 5 rings (SSSR count). The van der Waals surface area contributed by atoms with Crippen LogP contribution in [-0.4, -0.2) is 54.3 Å². The van der Waals surface area contributed by atoms with Gasteiger partial charge in [0.15, 0.2) is 0 Å². The summed E-state index contributed by atoms with van der Waals surface area (Å²) in [6.07, 6.45) is 3.01. The first-order valence-electron chi connectivity index (χ1n) is 12.5. The number of rotatable bonds is 6. The number of para-hydroxylation sites is 1. The lowest BCUT2D eigenvalue weighted by atomic mass is 9.95. The molecular weight excluding hydrogens is 426 g/mol. The molecule has 0 bridgehead atoms. The first-order chi connectivity index (χ1) is 16.6. The molecule has 178 valence electrons. The first-order valence-corrected chi connectivity index (χ1v) is 12.5. The summed E-state index contributed by atoms with van der Waals surface area (Å²) in [6, 6.07) is 14.2. The summed E-state index contributed by atoms with van der Waals surface area (Å²) >= 11 is 0. The van der Waals surface area contributed by atoms with Gasteiger partial charge >= 0.3 is 0 Å². The van der Waals surface area contributed by atoms with Gasteiger partial charge in [0.2, 0.25) is 5.91 Å². The largest absolute Gasteiger partial charge is 0.487 e. The molecule has 1 saturated heterocycles. The predicted molar refractivity (Wildman–Crippen MR) is 134 cm³/mol. The number of benzene rings is 2. The fourth-order valence-electron chi connectivity index (χ4n) is 5.46. The van der Waals surface area contributed by atoms with E-state index >= 15 is 0 Å². The lowest BCUT2D eigenvalue weighted by Crippen LogP contribution is -2.45. The van der Waals surface area contributed by atoms with E-state index in [1.165, 1.54) is 5.56 Å². The molecule has 1 unspecified atom stereocenters. The molecule has 0 spiro atoms. The number of amides is 2. The van der Waals surface area contributed by atoms with Crippen LogP contribution >= 0.6 is 0 Å². The Morgan fingerprint density at radius 2 is 1.97 bits per heavy atom. The second kappa shape index (κ2) is 9.63. The van der Waals surface area contributed by atoms with Gasteiger partial charge < -0.3 is 19.9 Å². The summed E-state index contributed by atoms with van der Waals surface area (Å²) in [7, 11) is 0. The van der Waals surface area contributed by atoms with Gasteiger partial charge in [-0.15, -0.1) is 0 Å². The normalized spacial score (nSPS) is 21.6. The highest BCUT2D eigenvalue weighted by Crippen LogP contribution is 2.41. The fourth-order valence-corrected chi connectivity index (χ4v) is 5.46. The minimum absolute atomic E-state index is 0.105. The third-order valence-corrected chi connectivity index (χ3v) is 7.33. The Bertz CT molecular complexity index is 1140. The zero-order chi connectivity index (χ0) is 23.7. The molecule has 2 aromatic carbocycles. The van der Waals surface area contributed by atoms with Crippen molar-refractivity contribution in [3.63, 3.8) is 0 Å². The van der Waals surface area contributed by atoms with Crippen molar-refractivity contribution in [1.82, 2.24) is 9.80 Å². The van der Waals surface area contributed by atoms with E-state index in [2.05, 4.69) is 42.3 Å². The van der Waals surface area contributed by atoms with Crippen LogP contribution in [-0.2, 0) is 27.4 Å². The van der Waals surface area contributed by atoms with Crippen molar-refractivity contribution in [3.05, 3.63) is 64.7 Å². The molecule has 0 aromatic heterocycles. The van der Waals surface area contributed by atoms with Crippen LogP contribution in [0.15, 0.2) is 42.5 Å². The van der Waals surface area contributed by atoms with Crippen LogP contribution in [0, 0.1) is 5.92 Å². The number of likely N-dealkylation sites (tertiary alicyclic amines) is 1. The van der Waals surface area contributed by atoms with Crippen molar-refractivity contribution in [1.29, 1.82) is 0 Å². The Balaban J connectivity index is 1.27. The highest BCUT2D eigenvalue weighted by atomic mass is 16.5. The third kappa shape index (κ3) is 4.23. The van der Waals surface area contributed by atoms with Gasteiger partial charge in [-0.25, -0.2) is 0 Å². The number of ether oxygens (including phenoxy) is 1. The average Bonchev–Trinajstić information content (AvgIpc) is 3.42. The first kappa shape index (κ1) is 22.7. The summed E-state index contributed by atoms with van der Waals surface area (Å²) < 4.78 is 6.03. The Morgan fingerprint density at radius 1 is 1.15 bits per heavy atom. The summed E-state index contributed by atoms with van der Waals surface area (Å²) in [5.41, 5.74) is 5.77. The van der Waals surface area contributed by atoms with Crippen molar-refractivity contribution in [2.75, 3.05) is 38.0 Å². The molecule has 1 N–H and O–H groups in total. The zero-order valence-electron chi connectivity index (χ0n) is 20.1. The van der Waals surface area contributed by atoms with E-state index < -0.39 is 0 Å². The van der Waals surface area contributed by atoms with Gasteiger partial charge in [0, 0.05) is 48.6 Å². The van der Waals surface area contributed by atoms with Crippen molar-refractivity contribution in [2.45, 2.75) is 39.7 Å². The number of hydrogen-bond acceptors (Lipinski definition) is 4. The lowest BCUT2D eigenvalue weighted by Gasteiger charge is -2.34. The number of carbonyl (C=O) groups excluding carboxylic acids is 2. The maximum Gasteiger partial charge on any atom is 0.260 e. The second-order valence-corrected chi connectivity index (χ2v) is 9.38. The summed E-state index contributed by atoms with van der Waals surface area (Å²) in [5.74, 6) is 1.00. The molecule has 1 fully saturated rings. The molecule has 34 heavy (non-hydrogen) atoms. The summed E-state index contributed by atoms with van der Waals surface area (Å²) in [6.45, 7) is 9.03. The Morgan fingerprint density at radius 3 is 2.79 bits per heavy atom. The number of anilines is 1. The average molecular weight is 460 g/mol. The molecule has 3 aliphatic heterocycles. The van der Waals surface area contributed by atoms with Crippen LogP contribution in [0.5, 0.6) is 0 Å². The van der Waals surface area contributed by atoms with Crippen LogP contribution in [0.1, 0.15) is 48.9 Å². The quantitative estimate of drug-likeness (QED) is 0.659. The van der Waals surface area contributed by atoms with Crippen molar-refractivity contribution in [2.24, 2.45) is 5.92 Å². The maximum atomic E-state index is 12.8. The van der Waals surface area contributed by atoms with E-state index in [1.807, 2.05) is 29.2 Å². The molecule has 3 aliphatic rings. The lowest BCUT2D eigenvalue weighted by molar-refractivity contribution is -0.137. The van der Waals surface area contributed by atoms with E-state index in [-0.39, 0.29) is 11.8 Å². The standard InChI is InChI=1S/C28H33N3O3/c1-3-31(4-2)28(33)20-8-7-14-30(17-20)15-13-19-11-12-22-21(16-19)18-34-26(22)25-23-9-5-6-10-24(23)29-27(25)32/h5-6,9-12,16,20H,3-4,7-8,13-15,17-18H2,1-2H3,(H,29,32)/b26-25+. The smallest absolute Gasteiger partial charge is 0.260 e. The van der Waals surface area contributed by atoms with Crippen molar-refractivity contribution in [3.8, 4) is 0 Å². The predicted octanol–water partition coefficient (Wildman–Crippen LogP) is 4.16. The third-order valence-electron chi connectivity index (χ3n) is 7.33. The Hall–Kier alpha value is -3.12. The summed E-state index contributed by atoms with van der Waals surface area (Å²) in [4.78, 5) is 29.8. The number of fused-ring (bicyclic) bond motifs is 2. The van der Waals surface area contributed by atoms with Gasteiger partial charge in [-0.1, -0.05) is 36.4 Å². The van der Waals surface area contributed by atoms with Crippen LogP contribution in [0.3, 0.4) is 0 Å². The van der Waals surface area contributed by atoms with Gasteiger partial charge in [0.05, 0.1) is 11.5 Å². The van der Waals surface area contributed by atoms with E-state index in [0.717, 1.165) is 74.4 Å². The molecule has 0 aliphatic carbocycles. The maximum absolute atomic E-state index is 12.8. The van der Waals surface area contributed by atoms with Gasteiger partial charge in [-0.3, -0.25) is 9.59 Å². The molecule has 2 aromatic rings. The Labute approximate surface area is 201 Å². The highest BCUT2D eigenvalue weighted by molar-refractivity contribution is 6.36. The van der Waals surface area contributed by atoms with Crippen LogP contribution in [0.2, 0.25) is 0 Å². The topological polar surface area (TPSA) is 61.9 Å². The van der Waals surface area contributed by atoms with Gasteiger partial charge in [-0.2, -0.15) is 0 Å². The minimum Gasteiger partial charge on any atom is -0.487 e. The van der Waals surface area contributed by atoms with E-state index in [0.29, 0.717) is 23.8 Å². The number of nitrogens with one attached hydrogen (secondary N) is 1. The molecule has 3 heterocycles. The van der Waals surface area contributed by atoms with Gasteiger partial charge in [0.25, 0.3) is 5.91 Å². The fraction of sp³-hybridized carbons (Fsp3) is 0.429. The molecule has 6 heteroatoms. The number of carbonyl (C=O) groups is 2. The van der Waals surface area contributed by atoms with Crippen LogP contribution < -0.4 is 5.32 Å².